The van der Waals surface area contributed by atoms with Crippen LogP contribution in [0, 0.1) is 6.92 Å². The van der Waals surface area contributed by atoms with E-state index in [2.05, 4.69) is 0 Å². The summed E-state index contributed by atoms with van der Waals surface area (Å²) in [5, 5.41) is 8.37. The van der Waals surface area contributed by atoms with Crippen LogP contribution < -0.4 is 0 Å². The summed E-state index contributed by atoms with van der Waals surface area (Å²) >= 11 is 0. The minimum atomic E-state index is -3.81. The van der Waals surface area contributed by atoms with Crippen molar-refractivity contribution in [1.82, 2.24) is 0 Å². The van der Waals surface area contributed by atoms with E-state index in [1.165, 1.54) is 12.1 Å². The van der Waals surface area contributed by atoms with Crippen LogP contribution in [0.4, 0.5) is 0 Å². The van der Waals surface area contributed by atoms with Gasteiger partial charge in [-0.25, -0.2) is 16.8 Å². The lowest BCUT2D eigenvalue weighted by Gasteiger charge is -2.14. The molecule has 1 aliphatic heterocycles. The molecule has 0 spiro atoms. The molecule has 0 unspecified atom stereocenters. The number of sulfone groups is 2. The second-order valence-corrected chi connectivity index (χ2v) is 8.86. The molecule has 0 amide bonds. The fraction of sp³-hybridized carbons (Fsp3) is 0.455. The van der Waals surface area contributed by atoms with Crippen molar-refractivity contribution >= 4 is 19.7 Å². The van der Waals surface area contributed by atoms with Gasteiger partial charge >= 0.3 is 0 Å². The van der Waals surface area contributed by atoms with Gasteiger partial charge in [-0.05, 0) is 24.6 Å². The maximum atomic E-state index is 12.3. The molecule has 2 rings (SSSR count). The van der Waals surface area contributed by atoms with Crippen LogP contribution in [0.15, 0.2) is 29.2 Å². The fourth-order valence-electron chi connectivity index (χ4n) is 2.06. The third kappa shape index (κ3) is 2.43. The molecule has 1 saturated heterocycles. The summed E-state index contributed by atoms with van der Waals surface area (Å²) in [6.07, 6.45) is -1.35. The third-order valence-electron chi connectivity index (χ3n) is 2.99. The monoisotopic (exact) mass is 290 g/mol. The van der Waals surface area contributed by atoms with Crippen LogP contribution >= 0.6 is 0 Å². The quantitative estimate of drug-likeness (QED) is 0.823. The molecule has 1 aliphatic rings. The summed E-state index contributed by atoms with van der Waals surface area (Å²) in [6, 6.07) is 6.24. The number of hydrogen-bond donors (Lipinski definition) is 1. The van der Waals surface area contributed by atoms with Crippen LogP contribution in [0.1, 0.15) is 5.56 Å². The van der Waals surface area contributed by atoms with E-state index < -0.39 is 42.5 Å². The predicted octanol–water partition coefficient (Wildman–Crippen LogP) is -0.0734. The van der Waals surface area contributed by atoms with Crippen LogP contribution in [0.25, 0.3) is 0 Å². The minimum Gasteiger partial charge on any atom is -0.391 e. The largest absolute Gasteiger partial charge is 0.391 e. The smallest absolute Gasteiger partial charge is 0.184 e. The molecule has 0 aromatic heterocycles. The lowest BCUT2D eigenvalue weighted by Crippen LogP contribution is -2.32. The van der Waals surface area contributed by atoms with Crippen LogP contribution in [-0.4, -0.2) is 44.8 Å². The Labute approximate surface area is 106 Å². The lowest BCUT2D eigenvalue weighted by atomic mass is 10.2. The van der Waals surface area contributed by atoms with Crippen molar-refractivity contribution in [2.75, 3.05) is 11.5 Å². The third-order valence-corrected chi connectivity index (χ3v) is 7.11. The summed E-state index contributed by atoms with van der Waals surface area (Å²) in [6.45, 7) is 1.75. The van der Waals surface area contributed by atoms with Crippen molar-refractivity contribution < 1.29 is 21.9 Å². The molecular formula is C11H14O5S2. The molecule has 0 bridgehead atoms. The van der Waals surface area contributed by atoms with Gasteiger partial charge in [-0.15, -0.1) is 0 Å². The first kappa shape index (κ1) is 13.5. The maximum Gasteiger partial charge on any atom is 0.184 e. The van der Waals surface area contributed by atoms with E-state index in [1.807, 2.05) is 0 Å². The molecule has 100 valence electrons. The van der Waals surface area contributed by atoms with Crippen molar-refractivity contribution in [2.24, 2.45) is 0 Å². The second kappa shape index (κ2) is 4.32. The Morgan fingerprint density at radius 3 is 2.44 bits per heavy atom. The molecule has 5 nitrogen and oxygen atoms in total. The van der Waals surface area contributed by atoms with Crippen molar-refractivity contribution in [3.05, 3.63) is 29.8 Å². The number of hydrogen-bond acceptors (Lipinski definition) is 5. The zero-order valence-corrected chi connectivity index (χ0v) is 11.4. The highest BCUT2D eigenvalue weighted by Gasteiger charge is 2.45. The molecule has 1 N–H and O–H groups in total. The molecule has 0 aliphatic carbocycles. The Morgan fingerprint density at radius 1 is 1.28 bits per heavy atom. The number of aliphatic hydroxyl groups is 1. The topological polar surface area (TPSA) is 88.5 Å². The first-order valence-electron chi connectivity index (χ1n) is 5.41. The van der Waals surface area contributed by atoms with E-state index in [-0.39, 0.29) is 4.90 Å². The average molecular weight is 290 g/mol. The molecular weight excluding hydrogens is 276 g/mol. The van der Waals surface area contributed by atoms with Crippen molar-refractivity contribution in [1.29, 1.82) is 0 Å². The lowest BCUT2D eigenvalue weighted by molar-refractivity contribution is 0.204. The molecule has 1 fully saturated rings. The number of aliphatic hydroxyl groups excluding tert-OH is 1. The first-order valence-corrected chi connectivity index (χ1v) is 8.78. The zero-order valence-electron chi connectivity index (χ0n) is 9.78. The normalized spacial score (nSPS) is 27.2. The number of aryl methyl sites for hydroxylation is 1. The highest BCUT2D eigenvalue weighted by atomic mass is 32.2. The Morgan fingerprint density at radius 2 is 1.94 bits per heavy atom. The molecule has 1 heterocycles. The van der Waals surface area contributed by atoms with E-state index in [1.54, 1.807) is 19.1 Å². The van der Waals surface area contributed by atoms with Crippen LogP contribution in [0.5, 0.6) is 0 Å². The standard InChI is InChI=1S/C11H14O5S2/c1-8-3-2-4-9(5-8)18(15,16)11-7-17(13,14)6-10(11)12/h2-5,10-12H,6-7H2,1H3/t10-,11+/m1/s1. The fourth-order valence-corrected chi connectivity index (χ4v) is 6.61. The van der Waals surface area contributed by atoms with Gasteiger partial charge in [0.15, 0.2) is 19.7 Å². The highest BCUT2D eigenvalue weighted by Crippen LogP contribution is 2.26. The van der Waals surface area contributed by atoms with E-state index in [9.17, 15) is 21.9 Å². The second-order valence-electron chi connectivity index (χ2n) is 4.54. The Kier molecular flexibility index (Phi) is 3.25. The van der Waals surface area contributed by atoms with Gasteiger partial charge in [-0.1, -0.05) is 12.1 Å². The molecule has 7 heteroatoms. The van der Waals surface area contributed by atoms with Gasteiger partial charge < -0.3 is 5.11 Å². The van der Waals surface area contributed by atoms with E-state index in [0.29, 0.717) is 0 Å². The van der Waals surface area contributed by atoms with Gasteiger partial charge in [0.25, 0.3) is 0 Å². The molecule has 0 radical (unpaired) electrons. The average Bonchev–Trinajstić information content (AvgIpc) is 2.53. The van der Waals surface area contributed by atoms with Crippen LogP contribution in [-0.2, 0) is 19.7 Å². The van der Waals surface area contributed by atoms with Crippen molar-refractivity contribution in [3.8, 4) is 0 Å². The van der Waals surface area contributed by atoms with Gasteiger partial charge in [0.2, 0.25) is 0 Å². The minimum absolute atomic E-state index is 0.0589. The summed E-state index contributed by atoms with van der Waals surface area (Å²) in [5.74, 6) is -0.993. The van der Waals surface area contributed by atoms with E-state index in [0.717, 1.165) is 5.56 Å². The van der Waals surface area contributed by atoms with Gasteiger partial charge in [0.05, 0.1) is 22.5 Å². The number of benzene rings is 1. The van der Waals surface area contributed by atoms with Gasteiger partial charge in [0.1, 0.15) is 5.25 Å². The Bertz CT molecular complexity index is 660. The van der Waals surface area contributed by atoms with Gasteiger partial charge in [-0.2, -0.15) is 0 Å². The van der Waals surface area contributed by atoms with Gasteiger partial charge in [-0.3, -0.25) is 0 Å². The van der Waals surface area contributed by atoms with Gasteiger partial charge in [0, 0.05) is 0 Å². The maximum absolute atomic E-state index is 12.3. The first-order chi connectivity index (χ1) is 8.22. The zero-order chi connectivity index (χ0) is 13.6. The van der Waals surface area contributed by atoms with E-state index in [4.69, 9.17) is 0 Å². The van der Waals surface area contributed by atoms with E-state index >= 15 is 0 Å². The Balaban J connectivity index is 2.45. The summed E-state index contributed by atoms with van der Waals surface area (Å²) in [4.78, 5) is 0.0589. The van der Waals surface area contributed by atoms with Crippen LogP contribution in [0.2, 0.25) is 0 Å². The summed E-state index contributed by atoms with van der Waals surface area (Å²) in [7, 11) is -7.29. The Hall–Kier alpha value is -0.920. The highest BCUT2D eigenvalue weighted by molar-refractivity contribution is 7.96. The SMILES string of the molecule is Cc1cccc(S(=O)(=O)[C@H]2CS(=O)(=O)C[C@H]2O)c1. The van der Waals surface area contributed by atoms with Crippen LogP contribution in [0.3, 0.4) is 0 Å². The summed E-state index contributed by atoms with van der Waals surface area (Å²) < 4.78 is 47.3. The molecule has 1 aromatic rings. The molecule has 2 atom stereocenters. The van der Waals surface area contributed by atoms with Crippen molar-refractivity contribution in [2.45, 2.75) is 23.2 Å². The number of rotatable bonds is 2. The predicted molar refractivity (Wildman–Crippen MR) is 66.8 cm³/mol. The molecule has 0 saturated carbocycles. The molecule has 1 aromatic carbocycles. The molecule has 18 heavy (non-hydrogen) atoms. The summed E-state index contributed by atoms with van der Waals surface area (Å²) in [5.41, 5.74) is 0.770. The van der Waals surface area contributed by atoms with Crippen molar-refractivity contribution in [3.63, 3.8) is 0 Å².